The van der Waals surface area contributed by atoms with E-state index >= 15 is 0 Å². The number of fused-ring (bicyclic) bond motifs is 1. The van der Waals surface area contributed by atoms with Gasteiger partial charge in [-0.25, -0.2) is 14.6 Å². The lowest BCUT2D eigenvalue weighted by atomic mass is 9.78. The maximum absolute atomic E-state index is 12.2. The molecule has 1 N–H and O–H groups in total. The largest absolute Gasteiger partial charge is 0.465 e. The molecule has 3 heterocycles. The van der Waals surface area contributed by atoms with E-state index in [4.69, 9.17) is 4.74 Å². The monoisotopic (exact) mass is 381 g/mol. The van der Waals surface area contributed by atoms with Gasteiger partial charge in [-0.2, -0.15) is 0 Å². The Morgan fingerprint density at radius 1 is 1.42 bits per heavy atom. The molecule has 0 radical (unpaired) electrons. The van der Waals surface area contributed by atoms with Gasteiger partial charge in [0.05, 0.1) is 12.6 Å². The molecule has 0 bridgehead atoms. The van der Waals surface area contributed by atoms with E-state index in [-0.39, 0.29) is 35.8 Å². The van der Waals surface area contributed by atoms with Crippen molar-refractivity contribution in [1.82, 2.24) is 14.8 Å². The molecule has 2 aliphatic rings. The molecule has 144 valence electrons. The van der Waals surface area contributed by atoms with Gasteiger partial charge in [0.25, 0.3) is 0 Å². The number of carbonyl (C=O) groups excluding carboxylic acids is 1. The van der Waals surface area contributed by atoms with Crippen LogP contribution in [0.15, 0.2) is 5.38 Å². The van der Waals surface area contributed by atoms with Crippen LogP contribution in [-0.2, 0) is 4.74 Å². The summed E-state index contributed by atoms with van der Waals surface area (Å²) in [4.78, 5) is 32.6. The van der Waals surface area contributed by atoms with Crippen LogP contribution in [0.2, 0.25) is 0 Å². The van der Waals surface area contributed by atoms with Crippen LogP contribution in [0.5, 0.6) is 0 Å². The van der Waals surface area contributed by atoms with Crippen LogP contribution in [0.3, 0.4) is 0 Å². The number of amides is 1. The van der Waals surface area contributed by atoms with Gasteiger partial charge in [0.15, 0.2) is 5.69 Å². The SMILES string of the molecule is CCOC(=O)c1csc([C@@H]2CN3CCC[C@H]3C(C(C)(C)C)N2C(=O)O)n1. The van der Waals surface area contributed by atoms with Gasteiger partial charge in [0, 0.05) is 18.0 Å². The molecule has 26 heavy (non-hydrogen) atoms. The van der Waals surface area contributed by atoms with Crippen molar-refractivity contribution in [3.05, 3.63) is 16.1 Å². The number of ether oxygens (including phenoxy) is 1. The van der Waals surface area contributed by atoms with Crippen molar-refractivity contribution in [2.75, 3.05) is 19.7 Å². The number of carboxylic acid groups (broad SMARTS) is 1. The Balaban J connectivity index is 1.97. The summed E-state index contributed by atoms with van der Waals surface area (Å²) in [5, 5.41) is 12.3. The lowest BCUT2D eigenvalue weighted by Crippen LogP contribution is -2.63. The number of nitrogens with zero attached hydrogens (tertiary/aromatic N) is 3. The lowest BCUT2D eigenvalue weighted by molar-refractivity contribution is -0.0381. The third-order valence-electron chi connectivity index (χ3n) is 5.22. The summed E-state index contributed by atoms with van der Waals surface area (Å²) in [7, 11) is 0. The van der Waals surface area contributed by atoms with Crippen molar-refractivity contribution in [3.63, 3.8) is 0 Å². The second-order valence-electron chi connectivity index (χ2n) is 8.01. The van der Waals surface area contributed by atoms with Crippen LogP contribution < -0.4 is 0 Å². The predicted octanol–water partition coefficient (Wildman–Crippen LogP) is 3.23. The van der Waals surface area contributed by atoms with E-state index in [2.05, 4.69) is 30.7 Å². The summed E-state index contributed by atoms with van der Waals surface area (Å²) < 4.78 is 5.01. The predicted molar refractivity (Wildman–Crippen MR) is 98.5 cm³/mol. The van der Waals surface area contributed by atoms with E-state index in [9.17, 15) is 14.7 Å². The normalized spacial score (nSPS) is 26.6. The molecule has 3 rings (SSSR count). The van der Waals surface area contributed by atoms with E-state index in [0.29, 0.717) is 11.6 Å². The van der Waals surface area contributed by atoms with Crippen molar-refractivity contribution >= 4 is 23.4 Å². The zero-order valence-electron chi connectivity index (χ0n) is 15.8. The molecule has 7 nitrogen and oxygen atoms in total. The number of hydrogen-bond donors (Lipinski definition) is 1. The number of carbonyl (C=O) groups is 2. The first kappa shape index (κ1) is 19.1. The lowest BCUT2D eigenvalue weighted by Gasteiger charge is -2.52. The highest BCUT2D eigenvalue weighted by Gasteiger charge is 2.51. The number of piperazine rings is 1. The van der Waals surface area contributed by atoms with Gasteiger partial charge in [-0.15, -0.1) is 11.3 Å². The van der Waals surface area contributed by atoms with E-state index in [1.54, 1.807) is 17.2 Å². The van der Waals surface area contributed by atoms with Crippen LogP contribution in [0.1, 0.15) is 62.1 Å². The number of rotatable bonds is 3. The Morgan fingerprint density at radius 3 is 2.77 bits per heavy atom. The number of hydrogen-bond acceptors (Lipinski definition) is 6. The minimum atomic E-state index is -0.922. The fourth-order valence-corrected chi connectivity index (χ4v) is 5.19. The summed E-state index contributed by atoms with van der Waals surface area (Å²) in [6.07, 6.45) is 1.18. The standard InChI is InChI=1S/C18H27N3O4S/c1-5-25-16(22)11-10-26-15(19-11)13-9-20-8-6-7-12(20)14(18(2,3)4)21(13)17(23)24/h10,12-14H,5-9H2,1-4H3,(H,23,24)/t12-,13-,14?/m0/s1. The topological polar surface area (TPSA) is 83.0 Å². The van der Waals surface area contributed by atoms with Gasteiger partial charge in [0.1, 0.15) is 11.0 Å². The fraction of sp³-hybridized carbons (Fsp3) is 0.722. The zero-order chi connectivity index (χ0) is 19.1. The quantitative estimate of drug-likeness (QED) is 0.810. The Bertz CT molecular complexity index is 684. The molecule has 1 amide bonds. The molecule has 0 spiro atoms. The molecule has 0 saturated carbocycles. The van der Waals surface area contributed by atoms with Crippen molar-refractivity contribution in [1.29, 1.82) is 0 Å². The van der Waals surface area contributed by atoms with Gasteiger partial charge >= 0.3 is 12.1 Å². The Morgan fingerprint density at radius 2 is 2.15 bits per heavy atom. The molecular weight excluding hydrogens is 354 g/mol. The second-order valence-corrected chi connectivity index (χ2v) is 8.90. The maximum atomic E-state index is 12.2. The number of esters is 1. The average molecular weight is 381 g/mol. The van der Waals surface area contributed by atoms with Crippen LogP contribution >= 0.6 is 11.3 Å². The maximum Gasteiger partial charge on any atom is 0.408 e. The highest BCUT2D eigenvalue weighted by Crippen LogP contribution is 2.43. The van der Waals surface area contributed by atoms with Crippen LogP contribution in [0.4, 0.5) is 4.79 Å². The molecule has 3 atom stereocenters. The van der Waals surface area contributed by atoms with Gasteiger partial charge in [-0.1, -0.05) is 20.8 Å². The molecule has 0 aromatic carbocycles. The minimum absolute atomic E-state index is 0.115. The van der Waals surface area contributed by atoms with Crippen molar-refractivity contribution in [2.24, 2.45) is 5.41 Å². The molecule has 1 aromatic rings. The highest BCUT2D eigenvalue weighted by atomic mass is 32.1. The minimum Gasteiger partial charge on any atom is -0.465 e. The second kappa shape index (κ2) is 7.15. The molecular formula is C18H27N3O4S. The molecule has 8 heteroatoms. The van der Waals surface area contributed by atoms with E-state index in [1.807, 2.05) is 0 Å². The molecule has 2 fully saturated rings. The molecule has 0 aliphatic carbocycles. The Hall–Kier alpha value is -1.67. The molecule has 1 aromatic heterocycles. The van der Waals surface area contributed by atoms with E-state index < -0.39 is 12.1 Å². The molecule has 2 aliphatic heterocycles. The first-order valence-electron chi connectivity index (χ1n) is 9.12. The number of aromatic nitrogens is 1. The van der Waals surface area contributed by atoms with Crippen LogP contribution in [-0.4, -0.2) is 63.7 Å². The number of thiazole rings is 1. The average Bonchev–Trinajstić information content (AvgIpc) is 3.21. The zero-order valence-corrected chi connectivity index (χ0v) is 16.6. The van der Waals surface area contributed by atoms with Gasteiger partial charge in [0.2, 0.25) is 0 Å². The third kappa shape index (κ3) is 3.44. The molecule has 2 saturated heterocycles. The summed E-state index contributed by atoms with van der Waals surface area (Å²) in [6.45, 7) is 9.93. The van der Waals surface area contributed by atoms with Crippen molar-refractivity contribution in [3.8, 4) is 0 Å². The van der Waals surface area contributed by atoms with E-state index in [1.165, 1.54) is 11.3 Å². The highest BCUT2D eigenvalue weighted by molar-refractivity contribution is 7.09. The molecule has 1 unspecified atom stereocenters. The van der Waals surface area contributed by atoms with Crippen molar-refractivity contribution < 1.29 is 19.4 Å². The van der Waals surface area contributed by atoms with Gasteiger partial charge < -0.3 is 9.84 Å². The van der Waals surface area contributed by atoms with E-state index in [0.717, 1.165) is 19.4 Å². The van der Waals surface area contributed by atoms with Crippen molar-refractivity contribution in [2.45, 2.75) is 58.7 Å². The van der Waals surface area contributed by atoms with Gasteiger partial charge in [-0.05, 0) is 31.7 Å². The summed E-state index contributed by atoms with van der Waals surface area (Å²) in [5.41, 5.74) is 0.0685. The Labute approximate surface area is 158 Å². The summed E-state index contributed by atoms with van der Waals surface area (Å²) in [6, 6.07) is -0.234. The first-order chi connectivity index (χ1) is 12.2. The van der Waals surface area contributed by atoms with Gasteiger partial charge in [-0.3, -0.25) is 9.80 Å². The summed E-state index contributed by atoms with van der Waals surface area (Å²) in [5.74, 6) is -0.459. The third-order valence-corrected chi connectivity index (χ3v) is 6.17. The fourth-order valence-electron chi connectivity index (χ4n) is 4.31. The van der Waals surface area contributed by atoms with Crippen LogP contribution in [0, 0.1) is 5.41 Å². The summed E-state index contributed by atoms with van der Waals surface area (Å²) >= 11 is 1.33. The Kier molecular flexibility index (Phi) is 5.25. The first-order valence-corrected chi connectivity index (χ1v) is 9.99. The van der Waals surface area contributed by atoms with Crippen LogP contribution in [0.25, 0.3) is 0 Å². The smallest absolute Gasteiger partial charge is 0.408 e.